The highest BCUT2D eigenvalue weighted by atomic mass is 16.5. The SMILES string of the molecule is COc1cc(C#N)ccc1OCc1cccc2cccnc12. The van der Waals surface area contributed by atoms with Crippen molar-refractivity contribution in [1.82, 2.24) is 4.98 Å². The summed E-state index contributed by atoms with van der Waals surface area (Å²) in [6.07, 6.45) is 1.77. The highest BCUT2D eigenvalue weighted by Crippen LogP contribution is 2.29. The maximum Gasteiger partial charge on any atom is 0.162 e. The van der Waals surface area contributed by atoms with E-state index in [0.29, 0.717) is 23.7 Å². The molecule has 0 N–H and O–H groups in total. The summed E-state index contributed by atoms with van der Waals surface area (Å²) < 4.78 is 11.1. The van der Waals surface area contributed by atoms with Gasteiger partial charge in [0.2, 0.25) is 0 Å². The van der Waals surface area contributed by atoms with Crippen LogP contribution in [0, 0.1) is 11.3 Å². The van der Waals surface area contributed by atoms with Crippen LogP contribution < -0.4 is 9.47 Å². The van der Waals surface area contributed by atoms with E-state index in [1.54, 1.807) is 31.5 Å². The number of para-hydroxylation sites is 1. The van der Waals surface area contributed by atoms with Crippen molar-refractivity contribution in [2.45, 2.75) is 6.61 Å². The number of hydrogen-bond donors (Lipinski definition) is 0. The number of hydrogen-bond acceptors (Lipinski definition) is 4. The maximum absolute atomic E-state index is 8.92. The van der Waals surface area contributed by atoms with Gasteiger partial charge < -0.3 is 9.47 Å². The number of rotatable bonds is 4. The van der Waals surface area contributed by atoms with Crippen molar-refractivity contribution >= 4 is 10.9 Å². The summed E-state index contributed by atoms with van der Waals surface area (Å²) in [5, 5.41) is 10.00. The fourth-order valence-electron chi connectivity index (χ4n) is 2.30. The number of aromatic nitrogens is 1. The van der Waals surface area contributed by atoms with E-state index in [1.807, 2.05) is 30.3 Å². The first-order valence-electron chi connectivity index (χ1n) is 6.85. The van der Waals surface area contributed by atoms with Crippen molar-refractivity contribution in [3.8, 4) is 17.6 Å². The first kappa shape index (κ1) is 13.9. The molecule has 3 aromatic rings. The van der Waals surface area contributed by atoms with Gasteiger partial charge in [-0.1, -0.05) is 24.3 Å². The minimum Gasteiger partial charge on any atom is -0.493 e. The zero-order chi connectivity index (χ0) is 15.4. The Morgan fingerprint density at radius 2 is 1.95 bits per heavy atom. The second kappa shape index (κ2) is 6.15. The van der Waals surface area contributed by atoms with Crippen molar-refractivity contribution < 1.29 is 9.47 Å². The first-order valence-corrected chi connectivity index (χ1v) is 6.85. The van der Waals surface area contributed by atoms with Gasteiger partial charge in [-0.2, -0.15) is 5.26 Å². The van der Waals surface area contributed by atoms with Crippen molar-refractivity contribution in [1.29, 1.82) is 5.26 Å². The molecule has 0 spiro atoms. The molecule has 0 fully saturated rings. The lowest BCUT2D eigenvalue weighted by atomic mass is 10.1. The lowest BCUT2D eigenvalue weighted by molar-refractivity contribution is 0.285. The molecule has 0 radical (unpaired) electrons. The third-order valence-electron chi connectivity index (χ3n) is 3.39. The van der Waals surface area contributed by atoms with E-state index >= 15 is 0 Å². The smallest absolute Gasteiger partial charge is 0.162 e. The summed E-state index contributed by atoms with van der Waals surface area (Å²) in [5.41, 5.74) is 2.47. The molecule has 108 valence electrons. The molecule has 0 saturated carbocycles. The number of fused-ring (bicyclic) bond motifs is 1. The third-order valence-corrected chi connectivity index (χ3v) is 3.39. The van der Waals surface area contributed by atoms with Crippen LogP contribution in [0.5, 0.6) is 11.5 Å². The highest BCUT2D eigenvalue weighted by molar-refractivity contribution is 5.81. The molecule has 1 heterocycles. The lowest BCUT2D eigenvalue weighted by Crippen LogP contribution is -1.99. The van der Waals surface area contributed by atoms with E-state index in [4.69, 9.17) is 14.7 Å². The molecule has 4 heteroatoms. The Labute approximate surface area is 128 Å². The van der Waals surface area contributed by atoms with E-state index in [1.165, 1.54) is 0 Å². The fraction of sp³-hybridized carbons (Fsp3) is 0.111. The molecule has 0 atom stereocenters. The molecule has 0 saturated heterocycles. The predicted molar refractivity (Wildman–Crippen MR) is 83.8 cm³/mol. The van der Waals surface area contributed by atoms with Gasteiger partial charge in [0.15, 0.2) is 11.5 Å². The predicted octanol–water partition coefficient (Wildman–Crippen LogP) is 3.69. The van der Waals surface area contributed by atoms with Crippen LogP contribution in [0.15, 0.2) is 54.7 Å². The summed E-state index contributed by atoms with van der Waals surface area (Å²) in [6.45, 7) is 0.386. The monoisotopic (exact) mass is 290 g/mol. The lowest BCUT2D eigenvalue weighted by Gasteiger charge is -2.12. The largest absolute Gasteiger partial charge is 0.493 e. The van der Waals surface area contributed by atoms with Gasteiger partial charge in [0.25, 0.3) is 0 Å². The van der Waals surface area contributed by atoms with Crippen LogP contribution in [0.2, 0.25) is 0 Å². The molecule has 0 unspecified atom stereocenters. The van der Waals surface area contributed by atoms with E-state index in [-0.39, 0.29) is 0 Å². The normalized spacial score (nSPS) is 10.2. The molecule has 2 aromatic carbocycles. The van der Waals surface area contributed by atoms with E-state index in [0.717, 1.165) is 16.5 Å². The number of methoxy groups -OCH3 is 1. The van der Waals surface area contributed by atoms with Crippen LogP contribution in [-0.4, -0.2) is 12.1 Å². The summed E-state index contributed by atoms with van der Waals surface area (Å²) >= 11 is 0. The van der Waals surface area contributed by atoms with Gasteiger partial charge in [0, 0.05) is 23.2 Å². The standard InChI is InChI=1S/C18H14N2O2/c1-21-17-10-13(11-19)7-8-16(17)22-12-15-5-2-4-14-6-3-9-20-18(14)15/h2-10H,12H2,1H3. The average Bonchev–Trinajstić information content (AvgIpc) is 2.59. The van der Waals surface area contributed by atoms with Crippen LogP contribution in [-0.2, 0) is 6.61 Å². The molecular formula is C18H14N2O2. The number of ether oxygens (including phenoxy) is 2. The molecule has 1 aromatic heterocycles. The molecule has 0 aliphatic carbocycles. The van der Waals surface area contributed by atoms with Crippen molar-refractivity contribution in [2.24, 2.45) is 0 Å². The molecule has 0 aliphatic heterocycles. The summed E-state index contributed by atoms with van der Waals surface area (Å²) in [5.74, 6) is 1.15. The van der Waals surface area contributed by atoms with Crippen molar-refractivity contribution in [2.75, 3.05) is 7.11 Å². The fourth-order valence-corrected chi connectivity index (χ4v) is 2.30. The van der Waals surface area contributed by atoms with Gasteiger partial charge in [-0.25, -0.2) is 0 Å². The molecule has 3 rings (SSSR count). The van der Waals surface area contributed by atoms with Crippen LogP contribution >= 0.6 is 0 Å². The van der Waals surface area contributed by atoms with E-state index in [2.05, 4.69) is 11.1 Å². The maximum atomic E-state index is 8.92. The molecule has 4 nitrogen and oxygen atoms in total. The molecule has 0 aliphatic rings. The van der Waals surface area contributed by atoms with Gasteiger partial charge in [-0.05, 0) is 18.2 Å². The topological polar surface area (TPSA) is 55.1 Å². The van der Waals surface area contributed by atoms with Gasteiger partial charge in [0.1, 0.15) is 6.61 Å². The zero-order valence-electron chi connectivity index (χ0n) is 12.1. The van der Waals surface area contributed by atoms with Gasteiger partial charge in [0.05, 0.1) is 24.3 Å². The summed E-state index contributed by atoms with van der Waals surface area (Å²) in [7, 11) is 1.56. The molecule has 0 amide bonds. The van der Waals surface area contributed by atoms with Gasteiger partial charge >= 0.3 is 0 Å². The second-order valence-electron chi connectivity index (χ2n) is 4.76. The number of nitriles is 1. The Morgan fingerprint density at radius 3 is 2.77 bits per heavy atom. The number of benzene rings is 2. The number of nitrogens with zero attached hydrogens (tertiary/aromatic N) is 2. The number of pyridine rings is 1. The zero-order valence-corrected chi connectivity index (χ0v) is 12.1. The van der Waals surface area contributed by atoms with Crippen LogP contribution in [0.25, 0.3) is 10.9 Å². The minimum atomic E-state index is 0.386. The van der Waals surface area contributed by atoms with Gasteiger partial charge in [-0.3, -0.25) is 4.98 Å². The Balaban J connectivity index is 1.87. The Kier molecular flexibility index (Phi) is 3.88. The van der Waals surface area contributed by atoms with Crippen molar-refractivity contribution in [3.63, 3.8) is 0 Å². The Hall–Kier alpha value is -3.06. The average molecular weight is 290 g/mol. The second-order valence-corrected chi connectivity index (χ2v) is 4.76. The third kappa shape index (κ3) is 2.70. The van der Waals surface area contributed by atoms with E-state index < -0.39 is 0 Å². The van der Waals surface area contributed by atoms with Crippen LogP contribution in [0.3, 0.4) is 0 Å². The van der Waals surface area contributed by atoms with Crippen LogP contribution in [0.4, 0.5) is 0 Å². The quantitative estimate of drug-likeness (QED) is 0.735. The van der Waals surface area contributed by atoms with Gasteiger partial charge in [-0.15, -0.1) is 0 Å². The first-order chi connectivity index (χ1) is 10.8. The molecule has 22 heavy (non-hydrogen) atoms. The molecule has 0 bridgehead atoms. The van der Waals surface area contributed by atoms with Crippen molar-refractivity contribution in [3.05, 3.63) is 65.9 Å². The minimum absolute atomic E-state index is 0.386. The Morgan fingerprint density at radius 1 is 1.09 bits per heavy atom. The summed E-state index contributed by atoms with van der Waals surface area (Å²) in [6, 6.07) is 17.1. The highest BCUT2D eigenvalue weighted by Gasteiger charge is 2.08. The summed E-state index contributed by atoms with van der Waals surface area (Å²) in [4.78, 5) is 4.41. The van der Waals surface area contributed by atoms with E-state index in [9.17, 15) is 0 Å². The Bertz CT molecular complexity index is 848. The molecular weight excluding hydrogens is 276 g/mol. The van der Waals surface area contributed by atoms with Crippen LogP contribution in [0.1, 0.15) is 11.1 Å².